The molecule has 0 N–H and O–H groups in total. The van der Waals surface area contributed by atoms with Crippen molar-refractivity contribution in [3.63, 3.8) is 0 Å². The molecule has 0 aromatic heterocycles. The van der Waals surface area contributed by atoms with Gasteiger partial charge in [0.1, 0.15) is 57.6 Å². The van der Waals surface area contributed by atoms with E-state index in [9.17, 15) is 0 Å². The van der Waals surface area contributed by atoms with Gasteiger partial charge in [0.25, 0.3) is 0 Å². The van der Waals surface area contributed by atoms with E-state index in [2.05, 4.69) is 170 Å². The second-order valence-electron chi connectivity index (χ2n) is 14.0. The first kappa shape index (κ1) is 39.7. The molecule has 8 aromatic rings. The standard InChI is InChI=1S/C28H28BO4.C24H20P/c1-30-25-13-5-21(6-14-25)29(22-7-15-26(31-2)16-8-22,23-9-17-27(32-3)18-10-23)24-11-19-28(33-4)20-12-24;1-5-13-21(14-6-1)25(22-15-7-2-8-16-22,23-17-9-3-10-18-23)24-19-11-4-12-20-24/h5-20H,1-4H3;1-20H/q-1;+1. The summed E-state index contributed by atoms with van der Waals surface area (Å²) >= 11 is 0. The Morgan fingerprint density at radius 1 is 0.259 bits per heavy atom. The van der Waals surface area contributed by atoms with Crippen LogP contribution in [0.4, 0.5) is 0 Å². The summed E-state index contributed by atoms with van der Waals surface area (Å²) in [7, 11) is 4.83. The average Bonchev–Trinajstić information content (AvgIpc) is 3.32. The Morgan fingerprint density at radius 2 is 0.448 bits per heavy atom. The molecule has 288 valence electrons. The van der Waals surface area contributed by atoms with E-state index >= 15 is 0 Å². The zero-order chi connectivity index (χ0) is 40.2. The predicted octanol–water partition coefficient (Wildman–Crippen LogP) is 7.40. The average molecular weight is 779 g/mol. The maximum absolute atomic E-state index is 5.45. The van der Waals surface area contributed by atoms with Gasteiger partial charge in [-0.2, -0.15) is 21.9 Å². The third kappa shape index (κ3) is 7.87. The number of methoxy groups -OCH3 is 4. The molecule has 0 atom stereocenters. The molecule has 0 fully saturated rings. The first-order valence-electron chi connectivity index (χ1n) is 19.4. The first-order chi connectivity index (χ1) is 28.6. The van der Waals surface area contributed by atoms with Crippen molar-refractivity contribution in [3.8, 4) is 23.0 Å². The summed E-state index contributed by atoms with van der Waals surface area (Å²) < 4.78 is 21.8. The largest absolute Gasteiger partial charge is 0.497 e. The Labute approximate surface area is 343 Å². The zero-order valence-electron chi connectivity index (χ0n) is 33.4. The number of ether oxygens (including phenoxy) is 4. The summed E-state index contributed by atoms with van der Waals surface area (Å²) in [6, 6.07) is 77.2. The summed E-state index contributed by atoms with van der Waals surface area (Å²) in [6.07, 6.45) is -1.52. The molecule has 0 saturated heterocycles. The lowest BCUT2D eigenvalue weighted by molar-refractivity contribution is 0.415. The molecule has 8 rings (SSSR count). The van der Waals surface area contributed by atoms with Gasteiger partial charge in [0.2, 0.25) is 0 Å². The van der Waals surface area contributed by atoms with E-state index in [1.807, 2.05) is 48.5 Å². The maximum Gasteiger partial charge on any atom is 0.144 e. The minimum Gasteiger partial charge on any atom is -0.497 e. The van der Waals surface area contributed by atoms with Crippen LogP contribution in [0, 0.1) is 0 Å². The fourth-order valence-electron chi connectivity index (χ4n) is 8.23. The van der Waals surface area contributed by atoms with Crippen molar-refractivity contribution in [1.29, 1.82) is 0 Å². The van der Waals surface area contributed by atoms with Crippen LogP contribution in [0.25, 0.3) is 0 Å². The van der Waals surface area contributed by atoms with Gasteiger partial charge < -0.3 is 18.9 Å². The van der Waals surface area contributed by atoms with Crippen LogP contribution in [0.5, 0.6) is 23.0 Å². The fraction of sp³-hybridized carbons (Fsp3) is 0.0769. The van der Waals surface area contributed by atoms with Crippen LogP contribution in [0.1, 0.15) is 0 Å². The van der Waals surface area contributed by atoms with E-state index in [1.54, 1.807) is 28.4 Å². The van der Waals surface area contributed by atoms with Crippen molar-refractivity contribution in [1.82, 2.24) is 0 Å². The molecular weight excluding hydrogens is 730 g/mol. The van der Waals surface area contributed by atoms with Crippen molar-refractivity contribution >= 4 is 56.5 Å². The zero-order valence-corrected chi connectivity index (χ0v) is 34.3. The molecule has 58 heavy (non-hydrogen) atoms. The summed E-state index contributed by atoms with van der Waals surface area (Å²) in [5.41, 5.74) is 4.71. The lowest BCUT2D eigenvalue weighted by Crippen LogP contribution is -2.74. The van der Waals surface area contributed by atoms with Gasteiger partial charge in [-0.1, -0.05) is 121 Å². The molecule has 0 aliphatic heterocycles. The molecule has 0 aliphatic carbocycles. The predicted molar refractivity (Wildman–Crippen MR) is 247 cm³/mol. The second-order valence-corrected chi connectivity index (χ2v) is 17.4. The minimum absolute atomic E-state index is 0.822. The van der Waals surface area contributed by atoms with Gasteiger partial charge in [0.05, 0.1) is 28.4 Å². The Kier molecular flexibility index (Phi) is 12.7. The highest BCUT2D eigenvalue weighted by Crippen LogP contribution is 2.54. The molecule has 0 aliphatic rings. The van der Waals surface area contributed by atoms with Gasteiger partial charge >= 0.3 is 0 Å². The lowest BCUT2D eigenvalue weighted by atomic mass is 9.13. The minimum atomic E-state index is -1.91. The Hall–Kier alpha value is -6.55. The van der Waals surface area contributed by atoms with Crippen molar-refractivity contribution in [3.05, 3.63) is 218 Å². The number of benzene rings is 8. The Balaban J connectivity index is 0.000000183. The Morgan fingerprint density at radius 3 is 0.621 bits per heavy atom. The van der Waals surface area contributed by atoms with E-state index in [0.29, 0.717) is 0 Å². The summed E-state index contributed by atoms with van der Waals surface area (Å²) in [4.78, 5) is 0. The van der Waals surface area contributed by atoms with Crippen molar-refractivity contribution in [2.24, 2.45) is 0 Å². The van der Waals surface area contributed by atoms with Crippen molar-refractivity contribution in [2.45, 2.75) is 0 Å². The molecule has 0 radical (unpaired) electrons. The highest BCUT2D eigenvalue weighted by Gasteiger charge is 2.47. The molecule has 0 bridgehead atoms. The molecule has 4 nitrogen and oxygen atoms in total. The van der Waals surface area contributed by atoms with Gasteiger partial charge in [-0.3, -0.25) is 0 Å². The second kappa shape index (κ2) is 18.6. The van der Waals surface area contributed by atoms with Crippen LogP contribution in [0.2, 0.25) is 0 Å². The van der Waals surface area contributed by atoms with Crippen LogP contribution in [-0.4, -0.2) is 34.6 Å². The van der Waals surface area contributed by atoms with Crippen molar-refractivity contribution < 1.29 is 18.9 Å². The fourth-order valence-corrected chi connectivity index (χ4v) is 12.5. The van der Waals surface area contributed by atoms with E-state index in [1.165, 1.54) is 43.1 Å². The van der Waals surface area contributed by atoms with Crippen LogP contribution in [-0.2, 0) is 0 Å². The van der Waals surface area contributed by atoms with Gasteiger partial charge in [-0.25, -0.2) is 0 Å². The normalized spacial score (nSPS) is 11.1. The number of hydrogen-bond acceptors (Lipinski definition) is 4. The molecule has 0 heterocycles. The third-order valence-corrected chi connectivity index (χ3v) is 15.3. The lowest BCUT2D eigenvalue weighted by Gasteiger charge is -2.44. The SMILES string of the molecule is COc1ccc([B-](c2ccc(OC)cc2)(c2ccc(OC)cc2)c2ccc(OC)cc2)cc1.c1ccc([P+](c2ccccc2)(c2ccccc2)c2ccccc2)cc1. The van der Waals surface area contributed by atoms with Crippen LogP contribution >= 0.6 is 7.26 Å². The molecule has 8 aromatic carbocycles. The monoisotopic (exact) mass is 778 g/mol. The van der Waals surface area contributed by atoms with E-state index in [0.717, 1.165) is 23.0 Å². The first-order valence-corrected chi connectivity index (χ1v) is 21.2. The van der Waals surface area contributed by atoms with Gasteiger partial charge in [-0.15, -0.1) is 0 Å². The highest BCUT2D eigenvalue weighted by molar-refractivity contribution is 8.01. The molecule has 0 saturated carbocycles. The highest BCUT2D eigenvalue weighted by atomic mass is 31.2. The van der Waals surface area contributed by atoms with E-state index < -0.39 is 13.4 Å². The number of rotatable bonds is 12. The molecule has 0 unspecified atom stereocenters. The summed E-state index contributed by atoms with van der Waals surface area (Å²) in [5, 5.41) is 5.55. The van der Waals surface area contributed by atoms with Gasteiger partial charge in [-0.05, 0) is 97.1 Å². The van der Waals surface area contributed by atoms with Crippen LogP contribution in [0.15, 0.2) is 218 Å². The quantitative estimate of drug-likeness (QED) is 0.0958. The smallest absolute Gasteiger partial charge is 0.144 e. The molecule has 0 spiro atoms. The van der Waals surface area contributed by atoms with Crippen molar-refractivity contribution in [2.75, 3.05) is 28.4 Å². The summed E-state index contributed by atoms with van der Waals surface area (Å²) in [5.74, 6) is 3.29. The van der Waals surface area contributed by atoms with Crippen LogP contribution in [0.3, 0.4) is 0 Å². The van der Waals surface area contributed by atoms with E-state index in [4.69, 9.17) is 18.9 Å². The van der Waals surface area contributed by atoms with E-state index in [-0.39, 0.29) is 0 Å². The molecule has 6 heteroatoms. The molecular formula is C52H48BO4P. The summed E-state index contributed by atoms with van der Waals surface area (Å²) in [6.45, 7) is 0. The number of hydrogen-bond donors (Lipinski definition) is 0. The van der Waals surface area contributed by atoms with Gasteiger partial charge in [0.15, 0.2) is 0 Å². The molecule has 0 amide bonds. The Bertz CT molecular complexity index is 2090. The third-order valence-electron chi connectivity index (χ3n) is 11.0. The van der Waals surface area contributed by atoms with Gasteiger partial charge in [0, 0.05) is 0 Å². The maximum atomic E-state index is 5.45. The topological polar surface area (TPSA) is 36.9 Å². The van der Waals surface area contributed by atoms with Crippen LogP contribution < -0.4 is 62.0 Å².